The predicted molar refractivity (Wildman–Crippen MR) is 125 cm³/mol. The van der Waals surface area contributed by atoms with Crippen LogP contribution in [0.3, 0.4) is 0 Å². The molecule has 0 N–H and O–H groups in total. The lowest BCUT2D eigenvalue weighted by atomic mass is 10.00. The number of piperazine rings is 1. The van der Waals surface area contributed by atoms with E-state index in [1.54, 1.807) is 31.2 Å². The number of hydrogen-bond acceptors (Lipinski definition) is 3. The van der Waals surface area contributed by atoms with Gasteiger partial charge in [0.1, 0.15) is 6.04 Å². The van der Waals surface area contributed by atoms with Gasteiger partial charge < -0.3 is 4.90 Å². The Morgan fingerprint density at radius 1 is 0.844 bits per heavy atom. The zero-order valence-corrected chi connectivity index (χ0v) is 19.2. The highest BCUT2D eigenvalue weighted by atomic mass is 32.2. The Balaban J connectivity index is 1.68. The molecule has 0 aromatic heterocycles. The standard InChI is InChI=1S/C26H28N2O3S/c1-20-13-15-25(16-14-20)32(30,31)28-19-24(17-22-9-5-3-6-10-22)27(26(29)21(28)2)18-23-11-7-4-8-12-23/h3-16,21,24H,17-19H2,1-2H3/t21-,24-/m0/s1. The minimum Gasteiger partial charge on any atom is -0.332 e. The monoisotopic (exact) mass is 448 g/mol. The molecule has 2 atom stereocenters. The van der Waals surface area contributed by atoms with E-state index in [1.807, 2.05) is 72.5 Å². The van der Waals surface area contributed by atoms with E-state index in [0.29, 0.717) is 13.0 Å². The van der Waals surface area contributed by atoms with Crippen molar-refractivity contribution in [3.8, 4) is 0 Å². The smallest absolute Gasteiger partial charge is 0.243 e. The first kappa shape index (κ1) is 22.2. The molecule has 1 aliphatic rings. The fraction of sp³-hybridized carbons (Fsp3) is 0.269. The maximum atomic E-state index is 13.5. The third kappa shape index (κ3) is 4.61. The number of nitrogens with zero attached hydrogens (tertiary/aromatic N) is 2. The summed E-state index contributed by atoms with van der Waals surface area (Å²) in [7, 11) is -3.80. The Labute approximate surface area is 190 Å². The van der Waals surface area contributed by atoms with E-state index in [1.165, 1.54) is 4.31 Å². The number of hydrogen-bond donors (Lipinski definition) is 0. The first-order chi connectivity index (χ1) is 15.4. The molecule has 6 heteroatoms. The van der Waals surface area contributed by atoms with E-state index in [2.05, 4.69) is 0 Å². The number of sulfonamides is 1. The highest BCUT2D eigenvalue weighted by Gasteiger charge is 2.43. The zero-order valence-electron chi connectivity index (χ0n) is 18.4. The molecule has 3 aromatic carbocycles. The maximum Gasteiger partial charge on any atom is 0.243 e. The topological polar surface area (TPSA) is 57.7 Å². The van der Waals surface area contributed by atoms with Crippen LogP contribution < -0.4 is 0 Å². The van der Waals surface area contributed by atoms with E-state index in [9.17, 15) is 13.2 Å². The average Bonchev–Trinajstić information content (AvgIpc) is 2.80. The van der Waals surface area contributed by atoms with Gasteiger partial charge in [0.15, 0.2) is 0 Å². The summed E-state index contributed by atoms with van der Waals surface area (Å²) in [5.41, 5.74) is 3.09. The van der Waals surface area contributed by atoms with Gasteiger partial charge in [0.05, 0.1) is 4.90 Å². The molecule has 0 spiro atoms. The van der Waals surface area contributed by atoms with Crippen molar-refractivity contribution in [2.45, 2.75) is 43.8 Å². The van der Waals surface area contributed by atoms with Gasteiger partial charge in [0.2, 0.25) is 15.9 Å². The Morgan fingerprint density at radius 2 is 1.41 bits per heavy atom. The molecule has 32 heavy (non-hydrogen) atoms. The second kappa shape index (κ2) is 9.27. The second-order valence-electron chi connectivity index (χ2n) is 8.36. The number of benzene rings is 3. The van der Waals surface area contributed by atoms with Crippen molar-refractivity contribution in [3.05, 3.63) is 102 Å². The molecule has 166 valence electrons. The van der Waals surface area contributed by atoms with Gasteiger partial charge in [-0.2, -0.15) is 4.31 Å². The van der Waals surface area contributed by atoms with Crippen molar-refractivity contribution in [3.63, 3.8) is 0 Å². The minimum absolute atomic E-state index is 0.170. The first-order valence-corrected chi connectivity index (χ1v) is 12.3. The van der Waals surface area contributed by atoms with Gasteiger partial charge in [-0.15, -0.1) is 0 Å². The van der Waals surface area contributed by atoms with Crippen LogP contribution in [-0.4, -0.2) is 42.2 Å². The van der Waals surface area contributed by atoms with Crippen LogP contribution in [-0.2, 0) is 27.8 Å². The van der Waals surface area contributed by atoms with Crippen molar-refractivity contribution in [1.82, 2.24) is 9.21 Å². The van der Waals surface area contributed by atoms with Crippen LogP contribution in [0, 0.1) is 6.92 Å². The van der Waals surface area contributed by atoms with E-state index in [4.69, 9.17) is 0 Å². The van der Waals surface area contributed by atoms with E-state index < -0.39 is 16.1 Å². The van der Waals surface area contributed by atoms with Crippen molar-refractivity contribution in [2.24, 2.45) is 0 Å². The van der Waals surface area contributed by atoms with E-state index in [0.717, 1.165) is 16.7 Å². The quantitative estimate of drug-likeness (QED) is 0.572. The number of amides is 1. The molecule has 1 fully saturated rings. The molecule has 1 amide bonds. The molecule has 0 saturated carbocycles. The minimum atomic E-state index is -3.80. The number of carbonyl (C=O) groups excluding carboxylic acids is 1. The van der Waals surface area contributed by atoms with Gasteiger partial charge in [0.25, 0.3) is 0 Å². The van der Waals surface area contributed by atoms with Gasteiger partial charge in [0, 0.05) is 19.1 Å². The van der Waals surface area contributed by atoms with Gasteiger partial charge in [-0.25, -0.2) is 8.42 Å². The van der Waals surface area contributed by atoms with Crippen LogP contribution in [0.4, 0.5) is 0 Å². The van der Waals surface area contributed by atoms with Crippen LogP contribution in [0.1, 0.15) is 23.6 Å². The van der Waals surface area contributed by atoms with Crippen LogP contribution >= 0.6 is 0 Å². The molecule has 5 nitrogen and oxygen atoms in total. The first-order valence-electron chi connectivity index (χ1n) is 10.8. The molecule has 4 rings (SSSR count). The summed E-state index contributed by atoms with van der Waals surface area (Å²) in [6, 6.07) is 25.5. The van der Waals surface area contributed by atoms with Crippen LogP contribution in [0.2, 0.25) is 0 Å². The summed E-state index contributed by atoms with van der Waals surface area (Å²) in [4.78, 5) is 15.6. The molecule has 0 radical (unpaired) electrons. The molecular formula is C26H28N2O3S. The molecule has 1 heterocycles. The molecule has 0 unspecified atom stereocenters. The predicted octanol–water partition coefficient (Wildman–Crippen LogP) is 4.03. The fourth-order valence-electron chi connectivity index (χ4n) is 4.21. The lowest BCUT2D eigenvalue weighted by molar-refractivity contribution is -0.142. The Morgan fingerprint density at radius 3 is 2.00 bits per heavy atom. The molecule has 3 aromatic rings. The van der Waals surface area contributed by atoms with Crippen molar-refractivity contribution >= 4 is 15.9 Å². The van der Waals surface area contributed by atoms with Crippen LogP contribution in [0.15, 0.2) is 89.8 Å². The number of rotatable bonds is 6. The summed E-state index contributed by atoms with van der Waals surface area (Å²) in [6.07, 6.45) is 0.589. The Hall–Kier alpha value is -2.96. The van der Waals surface area contributed by atoms with Gasteiger partial charge in [-0.3, -0.25) is 4.79 Å². The highest BCUT2D eigenvalue weighted by Crippen LogP contribution is 2.28. The third-order valence-corrected chi connectivity index (χ3v) is 7.99. The molecule has 0 aliphatic carbocycles. The summed E-state index contributed by atoms with van der Waals surface area (Å²) in [6.45, 7) is 4.32. The summed E-state index contributed by atoms with van der Waals surface area (Å²) >= 11 is 0. The third-order valence-electron chi connectivity index (χ3n) is 6.04. The van der Waals surface area contributed by atoms with Gasteiger partial charge in [-0.05, 0) is 43.5 Å². The summed E-state index contributed by atoms with van der Waals surface area (Å²) in [5, 5.41) is 0. The fourth-order valence-corrected chi connectivity index (χ4v) is 5.83. The van der Waals surface area contributed by atoms with Crippen LogP contribution in [0.25, 0.3) is 0 Å². The van der Waals surface area contributed by atoms with Crippen LogP contribution in [0.5, 0.6) is 0 Å². The lowest BCUT2D eigenvalue weighted by Crippen LogP contribution is -2.62. The maximum absolute atomic E-state index is 13.5. The molecule has 1 aliphatic heterocycles. The summed E-state index contributed by atoms with van der Waals surface area (Å²) < 4.78 is 28.3. The van der Waals surface area contributed by atoms with Crippen molar-refractivity contribution in [1.29, 1.82) is 0 Å². The largest absolute Gasteiger partial charge is 0.332 e. The van der Waals surface area contributed by atoms with Crippen molar-refractivity contribution < 1.29 is 13.2 Å². The zero-order chi connectivity index (χ0) is 22.7. The molecular weight excluding hydrogens is 420 g/mol. The van der Waals surface area contributed by atoms with Gasteiger partial charge in [-0.1, -0.05) is 78.4 Å². The number of aryl methyl sites for hydroxylation is 1. The lowest BCUT2D eigenvalue weighted by Gasteiger charge is -2.44. The SMILES string of the molecule is Cc1ccc(S(=O)(=O)N2C[C@H](Cc3ccccc3)N(Cc3ccccc3)C(=O)[C@@H]2C)cc1. The summed E-state index contributed by atoms with van der Waals surface area (Å²) in [5.74, 6) is -0.170. The Bertz CT molecular complexity index is 1160. The molecule has 1 saturated heterocycles. The average molecular weight is 449 g/mol. The normalized spacial score (nSPS) is 19.8. The van der Waals surface area contributed by atoms with Crippen molar-refractivity contribution in [2.75, 3.05) is 6.54 Å². The molecule has 0 bridgehead atoms. The van der Waals surface area contributed by atoms with E-state index in [-0.39, 0.29) is 23.4 Å². The second-order valence-corrected chi connectivity index (χ2v) is 10.2. The van der Waals surface area contributed by atoms with E-state index >= 15 is 0 Å². The number of carbonyl (C=O) groups is 1. The highest BCUT2D eigenvalue weighted by molar-refractivity contribution is 7.89. The Kier molecular flexibility index (Phi) is 6.44. The van der Waals surface area contributed by atoms with Gasteiger partial charge >= 0.3 is 0 Å².